The minimum Gasteiger partial charge on any atom is -0.383 e. The lowest BCUT2D eigenvalue weighted by Gasteiger charge is -1.99. The van der Waals surface area contributed by atoms with Crippen LogP contribution in [0.5, 0.6) is 0 Å². The summed E-state index contributed by atoms with van der Waals surface area (Å²) in [5.74, 6) is 0.634. The predicted octanol–water partition coefficient (Wildman–Crippen LogP) is 1.67. The van der Waals surface area contributed by atoms with Crippen molar-refractivity contribution in [2.24, 2.45) is 0 Å². The number of hydrogen-bond acceptors (Lipinski definition) is 4. The Labute approximate surface area is 96.2 Å². The van der Waals surface area contributed by atoms with Crippen molar-refractivity contribution < 1.29 is 26.1 Å². The highest BCUT2D eigenvalue weighted by Gasteiger charge is 2.44. The van der Waals surface area contributed by atoms with Gasteiger partial charge in [-0.25, -0.2) is 4.98 Å². The van der Waals surface area contributed by atoms with E-state index < -0.39 is 15.6 Å². The summed E-state index contributed by atoms with van der Waals surface area (Å²) in [5.41, 5.74) is 2.25. The van der Waals surface area contributed by atoms with Crippen LogP contribution in [0.15, 0.2) is 12.3 Å². The minimum absolute atomic E-state index is 0.634. The Balaban J connectivity index is 0.000000304. The Morgan fingerprint density at radius 3 is 2.00 bits per heavy atom. The standard InChI is InChI=1S/C7H10N2.CHF3O3S/c1-5-3-4-9-7(8)6(5)2;2-1(3,4)8(5,6)7/h3-4H,1-2H3,(H2,8,9);(H,5,6,7). The smallest absolute Gasteiger partial charge is 0.383 e. The number of aromatic nitrogens is 1. The van der Waals surface area contributed by atoms with Gasteiger partial charge in [0.05, 0.1) is 0 Å². The van der Waals surface area contributed by atoms with Gasteiger partial charge in [0, 0.05) is 6.20 Å². The molecular formula is C8H11F3N2O3S. The van der Waals surface area contributed by atoms with Crippen LogP contribution in [0.1, 0.15) is 11.1 Å². The third kappa shape index (κ3) is 5.00. The molecule has 0 fully saturated rings. The molecule has 0 aliphatic carbocycles. The molecule has 0 aromatic carbocycles. The molecule has 0 saturated carbocycles. The van der Waals surface area contributed by atoms with Crippen LogP contribution in [0.25, 0.3) is 0 Å². The summed E-state index contributed by atoms with van der Waals surface area (Å²) in [5, 5.41) is 0. The first kappa shape index (κ1) is 15.6. The van der Waals surface area contributed by atoms with E-state index in [0.29, 0.717) is 5.82 Å². The third-order valence-corrected chi connectivity index (χ3v) is 2.39. The minimum atomic E-state index is -5.84. The first-order valence-electron chi connectivity index (χ1n) is 4.18. The molecule has 0 atom stereocenters. The van der Waals surface area contributed by atoms with E-state index in [1.54, 1.807) is 6.20 Å². The summed E-state index contributed by atoms with van der Waals surface area (Å²) in [6.07, 6.45) is 1.72. The lowest BCUT2D eigenvalue weighted by Crippen LogP contribution is -2.21. The van der Waals surface area contributed by atoms with E-state index in [1.807, 2.05) is 19.9 Å². The Kier molecular flexibility index (Phi) is 4.90. The molecule has 17 heavy (non-hydrogen) atoms. The number of halogens is 3. The Bertz CT molecular complexity index is 465. The zero-order chi connectivity index (χ0) is 13.9. The van der Waals surface area contributed by atoms with Gasteiger partial charge >= 0.3 is 15.6 Å². The van der Waals surface area contributed by atoms with Gasteiger partial charge in [-0.1, -0.05) is 0 Å². The van der Waals surface area contributed by atoms with Crippen LogP contribution in [0.2, 0.25) is 0 Å². The maximum atomic E-state index is 10.7. The van der Waals surface area contributed by atoms with Crippen LogP contribution in [0, 0.1) is 13.8 Å². The summed E-state index contributed by atoms with van der Waals surface area (Å²) in [7, 11) is -5.84. The number of nitrogens with two attached hydrogens (primary N) is 1. The zero-order valence-corrected chi connectivity index (χ0v) is 9.80. The molecule has 0 unspecified atom stereocenters. The predicted molar refractivity (Wildman–Crippen MR) is 55.7 cm³/mol. The molecule has 0 bridgehead atoms. The molecule has 0 aliphatic heterocycles. The number of alkyl halides is 3. The second kappa shape index (κ2) is 5.32. The van der Waals surface area contributed by atoms with Crippen LogP contribution < -0.4 is 5.73 Å². The second-order valence-electron chi connectivity index (χ2n) is 3.06. The largest absolute Gasteiger partial charge is 0.522 e. The molecule has 0 spiro atoms. The summed E-state index contributed by atoms with van der Waals surface area (Å²) in [4.78, 5) is 3.92. The lowest BCUT2D eigenvalue weighted by atomic mass is 10.2. The van der Waals surface area contributed by atoms with E-state index in [9.17, 15) is 13.2 Å². The molecule has 3 N–H and O–H groups in total. The molecule has 0 radical (unpaired) electrons. The Morgan fingerprint density at radius 2 is 1.76 bits per heavy atom. The van der Waals surface area contributed by atoms with Gasteiger partial charge in [-0.2, -0.15) is 21.6 Å². The van der Waals surface area contributed by atoms with Gasteiger partial charge in [0.2, 0.25) is 0 Å². The third-order valence-electron chi connectivity index (χ3n) is 1.81. The molecule has 1 aromatic rings. The lowest BCUT2D eigenvalue weighted by molar-refractivity contribution is -0.0510. The fourth-order valence-corrected chi connectivity index (χ4v) is 0.653. The fraction of sp³-hybridized carbons (Fsp3) is 0.375. The maximum absolute atomic E-state index is 10.7. The molecule has 1 aromatic heterocycles. The number of nitrogen functional groups attached to an aromatic ring is 1. The number of pyridine rings is 1. The van der Waals surface area contributed by atoms with Crippen molar-refractivity contribution in [2.45, 2.75) is 19.4 Å². The number of rotatable bonds is 0. The average Bonchev–Trinajstić information content (AvgIpc) is 2.12. The van der Waals surface area contributed by atoms with Crippen LogP contribution >= 0.6 is 0 Å². The highest BCUT2D eigenvalue weighted by atomic mass is 32.2. The van der Waals surface area contributed by atoms with Crippen LogP contribution in [-0.4, -0.2) is 23.5 Å². The van der Waals surface area contributed by atoms with Crippen molar-refractivity contribution in [3.05, 3.63) is 23.4 Å². The highest BCUT2D eigenvalue weighted by Crippen LogP contribution is 2.20. The first-order valence-corrected chi connectivity index (χ1v) is 5.62. The maximum Gasteiger partial charge on any atom is 0.522 e. The molecule has 1 heterocycles. The van der Waals surface area contributed by atoms with Gasteiger partial charge in [-0.3, -0.25) is 4.55 Å². The number of aryl methyl sites for hydroxylation is 1. The van der Waals surface area contributed by atoms with E-state index in [-0.39, 0.29) is 0 Å². The van der Waals surface area contributed by atoms with E-state index >= 15 is 0 Å². The van der Waals surface area contributed by atoms with Gasteiger partial charge in [-0.05, 0) is 31.0 Å². The van der Waals surface area contributed by atoms with E-state index in [0.717, 1.165) is 5.56 Å². The Morgan fingerprint density at radius 1 is 1.35 bits per heavy atom. The molecule has 9 heteroatoms. The van der Waals surface area contributed by atoms with Crippen molar-refractivity contribution in [3.8, 4) is 0 Å². The SMILES string of the molecule is Cc1ccnc(N)c1C.O=S(=O)(O)C(F)(F)F. The number of nitrogens with zero attached hydrogens (tertiary/aromatic N) is 1. The van der Waals surface area contributed by atoms with Crippen molar-refractivity contribution in [2.75, 3.05) is 5.73 Å². The van der Waals surface area contributed by atoms with Crippen LogP contribution in [0.4, 0.5) is 19.0 Å². The topological polar surface area (TPSA) is 93.3 Å². The molecular weight excluding hydrogens is 261 g/mol. The molecule has 0 aliphatic rings. The highest BCUT2D eigenvalue weighted by molar-refractivity contribution is 7.86. The van der Waals surface area contributed by atoms with Crippen molar-refractivity contribution in [1.29, 1.82) is 0 Å². The average molecular weight is 272 g/mol. The summed E-state index contributed by atoms with van der Waals surface area (Å²) in [6, 6.07) is 1.95. The van der Waals surface area contributed by atoms with E-state index in [2.05, 4.69) is 4.98 Å². The molecule has 5 nitrogen and oxygen atoms in total. The first-order chi connectivity index (χ1) is 7.47. The van der Waals surface area contributed by atoms with Gasteiger partial charge < -0.3 is 5.73 Å². The van der Waals surface area contributed by atoms with Gasteiger partial charge in [0.15, 0.2) is 0 Å². The van der Waals surface area contributed by atoms with E-state index in [4.69, 9.17) is 18.7 Å². The molecule has 0 saturated heterocycles. The van der Waals surface area contributed by atoms with Crippen molar-refractivity contribution in [3.63, 3.8) is 0 Å². The van der Waals surface area contributed by atoms with Crippen molar-refractivity contribution >= 4 is 15.9 Å². The number of hydrogen-bond donors (Lipinski definition) is 2. The monoisotopic (exact) mass is 272 g/mol. The summed E-state index contributed by atoms with van der Waals surface area (Å²) >= 11 is 0. The van der Waals surface area contributed by atoms with Gasteiger partial charge in [-0.15, -0.1) is 0 Å². The summed E-state index contributed by atoms with van der Waals surface area (Å²) < 4.78 is 57.5. The van der Waals surface area contributed by atoms with E-state index in [1.165, 1.54) is 5.56 Å². The van der Waals surface area contributed by atoms with Crippen LogP contribution in [-0.2, 0) is 10.1 Å². The molecule has 1 rings (SSSR count). The quantitative estimate of drug-likeness (QED) is 0.553. The molecule has 98 valence electrons. The zero-order valence-electron chi connectivity index (χ0n) is 8.99. The number of anilines is 1. The fourth-order valence-electron chi connectivity index (χ4n) is 0.653. The van der Waals surface area contributed by atoms with Gasteiger partial charge in [0.25, 0.3) is 0 Å². The molecule has 0 amide bonds. The van der Waals surface area contributed by atoms with Crippen LogP contribution in [0.3, 0.4) is 0 Å². The second-order valence-corrected chi connectivity index (χ2v) is 4.47. The van der Waals surface area contributed by atoms with Crippen molar-refractivity contribution in [1.82, 2.24) is 4.98 Å². The normalized spacial score (nSPS) is 11.6. The Hall–Kier alpha value is -1.35. The van der Waals surface area contributed by atoms with Gasteiger partial charge in [0.1, 0.15) is 5.82 Å². The summed E-state index contributed by atoms with van der Waals surface area (Å²) in [6.45, 7) is 3.99.